The molecule has 0 radical (unpaired) electrons. The summed E-state index contributed by atoms with van der Waals surface area (Å²) < 4.78 is 5.68. The number of aliphatic hydroxyl groups is 1. The predicted octanol–water partition coefficient (Wildman–Crippen LogP) is 2.21. The second kappa shape index (κ2) is 4.97. The predicted molar refractivity (Wildman–Crippen MR) is 53.6 cm³/mol. The zero-order valence-corrected chi connectivity index (χ0v) is 8.99. The summed E-state index contributed by atoms with van der Waals surface area (Å²) in [6.07, 6.45) is 4.05. The van der Waals surface area contributed by atoms with E-state index in [0.717, 1.165) is 25.2 Å². The second-order valence-electron chi connectivity index (χ2n) is 4.48. The maximum absolute atomic E-state index is 8.87. The number of hydrogen-bond acceptors (Lipinski definition) is 2. The molecule has 0 spiro atoms. The average Bonchev–Trinajstić information content (AvgIpc) is 2.03. The molecule has 13 heavy (non-hydrogen) atoms. The molecule has 78 valence electrons. The van der Waals surface area contributed by atoms with E-state index >= 15 is 0 Å². The third kappa shape index (κ3) is 3.28. The molecule has 1 rings (SSSR count). The van der Waals surface area contributed by atoms with Crippen LogP contribution in [0.15, 0.2) is 0 Å². The van der Waals surface area contributed by atoms with E-state index in [9.17, 15) is 0 Å². The average molecular weight is 186 g/mol. The fourth-order valence-corrected chi connectivity index (χ4v) is 2.36. The van der Waals surface area contributed by atoms with E-state index in [2.05, 4.69) is 20.8 Å². The first kappa shape index (κ1) is 11.0. The van der Waals surface area contributed by atoms with Crippen LogP contribution in [0.3, 0.4) is 0 Å². The lowest BCUT2D eigenvalue weighted by Gasteiger charge is -2.35. The van der Waals surface area contributed by atoms with Gasteiger partial charge in [0.25, 0.3) is 0 Å². The molecular weight excluding hydrogens is 164 g/mol. The van der Waals surface area contributed by atoms with Crippen LogP contribution in [-0.4, -0.2) is 23.9 Å². The number of hydrogen-bond donors (Lipinski definition) is 1. The van der Waals surface area contributed by atoms with Gasteiger partial charge >= 0.3 is 0 Å². The summed E-state index contributed by atoms with van der Waals surface area (Å²) in [6, 6.07) is 0. The third-order valence-electron chi connectivity index (χ3n) is 3.12. The molecule has 2 heteroatoms. The molecule has 0 aromatic rings. The van der Waals surface area contributed by atoms with Crippen molar-refractivity contribution in [2.75, 3.05) is 6.61 Å². The van der Waals surface area contributed by atoms with Crippen molar-refractivity contribution in [1.82, 2.24) is 0 Å². The van der Waals surface area contributed by atoms with Gasteiger partial charge < -0.3 is 9.84 Å². The highest BCUT2D eigenvalue weighted by atomic mass is 16.5. The van der Waals surface area contributed by atoms with E-state index in [1.807, 2.05) is 0 Å². The Morgan fingerprint density at radius 3 is 2.31 bits per heavy atom. The molecule has 1 aliphatic heterocycles. The molecule has 0 aliphatic carbocycles. The molecule has 0 saturated carbocycles. The first-order chi connectivity index (χ1) is 6.13. The van der Waals surface area contributed by atoms with Gasteiger partial charge in [0.15, 0.2) is 0 Å². The number of ether oxygens (including phenoxy) is 1. The Bertz CT molecular complexity index is 137. The molecular formula is C11H22O2. The van der Waals surface area contributed by atoms with Gasteiger partial charge in [-0.05, 0) is 44.9 Å². The van der Waals surface area contributed by atoms with Gasteiger partial charge in [0.05, 0.1) is 12.2 Å². The zero-order chi connectivity index (χ0) is 9.84. The summed E-state index contributed by atoms with van der Waals surface area (Å²) in [5.41, 5.74) is 0. The van der Waals surface area contributed by atoms with Crippen molar-refractivity contribution < 1.29 is 9.84 Å². The minimum atomic E-state index is 0.321. The fraction of sp³-hybridized carbons (Fsp3) is 1.00. The Morgan fingerprint density at radius 2 is 1.85 bits per heavy atom. The molecule has 0 aromatic heterocycles. The van der Waals surface area contributed by atoms with Gasteiger partial charge in [-0.2, -0.15) is 0 Å². The maximum atomic E-state index is 8.87. The van der Waals surface area contributed by atoms with Crippen LogP contribution in [0.4, 0.5) is 0 Å². The molecule has 1 aliphatic rings. The summed E-state index contributed by atoms with van der Waals surface area (Å²) in [4.78, 5) is 0. The highest BCUT2D eigenvalue weighted by Crippen LogP contribution is 2.31. The number of aliphatic hydroxyl groups excluding tert-OH is 1. The van der Waals surface area contributed by atoms with Crippen molar-refractivity contribution >= 4 is 0 Å². The molecule has 2 nitrogen and oxygen atoms in total. The smallest absolute Gasteiger partial charge is 0.0553 e. The lowest BCUT2D eigenvalue weighted by atomic mass is 9.81. The van der Waals surface area contributed by atoms with Crippen LogP contribution in [0.25, 0.3) is 0 Å². The van der Waals surface area contributed by atoms with E-state index in [1.54, 1.807) is 0 Å². The Hall–Kier alpha value is -0.0800. The highest BCUT2D eigenvalue weighted by molar-refractivity contribution is 4.76. The first-order valence-electron chi connectivity index (χ1n) is 5.39. The van der Waals surface area contributed by atoms with Crippen LogP contribution < -0.4 is 0 Å². The standard InChI is InChI=1S/C11H22O2/c1-8(4-5-12)11-6-9(2)13-10(3)7-11/h8-12H,4-7H2,1-3H3. The first-order valence-corrected chi connectivity index (χ1v) is 5.39. The Labute approximate surface area is 81.3 Å². The molecule has 0 amide bonds. The summed E-state index contributed by atoms with van der Waals surface area (Å²) in [6.45, 7) is 6.86. The SMILES string of the molecule is CC1CC(C(C)CCO)CC(C)O1. The van der Waals surface area contributed by atoms with Gasteiger partial charge in [-0.15, -0.1) is 0 Å². The van der Waals surface area contributed by atoms with Gasteiger partial charge in [-0.3, -0.25) is 0 Å². The molecule has 3 atom stereocenters. The van der Waals surface area contributed by atoms with Crippen molar-refractivity contribution in [3.63, 3.8) is 0 Å². The van der Waals surface area contributed by atoms with E-state index in [4.69, 9.17) is 9.84 Å². The zero-order valence-electron chi connectivity index (χ0n) is 8.99. The minimum Gasteiger partial charge on any atom is -0.396 e. The summed E-state index contributed by atoms with van der Waals surface area (Å²) >= 11 is 0. The van der Waals surface area contributed by atoms with Crippen molar-refractivity contribution in [2.24, 2.45) is 11.8 Å². The minimum absolute atomic E-state index is 0.321. The van der Waals surface area contributed by atoms with Gasteiger partial charge in [-0.25, -0.2) is 0 Å². The molecule has 1 fully saturated rings. The fourth-order valence-electron chi connectivity index (χ4n) is 2.36. The van der Waals surface area contributed by atoms with Crippen LogP contribution in [0.1, 0.15) is 40.0 Å². The molecule has 1 saturated heterocycles. The monoisotopic (exact) mass is 186 g/mol. The normalized spacial score (nSPS) is 37.4. The van der Waals surface area contributed by atoms with Crippen LogP contribution in [0.5, 0.6) is 0 Å². The maximum Gasteiger partial charge on any atom is 0.0553 e. The van der Waals surface area contributed by atoms with Gasteiger partial charge in [0.1, 0.15) is 0 Å². The number of rotatable bonds is 3. The van der Waals surface area contributed by atoms with Crippen molar-refractivity contribution in [2.45, 2.75) is 52.2 Å². The third-order valence-corrected chi connectivity index (χ3v) is 3.12. The van der Waals surface area contributed by atoms with Gasteiger partial charge in [0.2, 0.25) is 0 Å². The van der Waals surface area contributed by atoms with Gasteiger partial charge in [0, 0.05) is 6.61 Å². The lowest BCUT2D eigenvalue weighted by molar-refractivity contribution is -0.0635. The largest absolute Gasteiger partial charge is 0.396 e. The molecule has 0 bridgehead atoms. The Balaban J connectivity index is 2.40. The molecule has 1 N–H and O–H groups in total. The van der Waals surface area contributed by atoms with E-state index in [0.29, 0.717) is 24.7 Å². The summed E-state index contributed by atoms with van der Waals surface area (Å²) in [5, 5.41) is 8.87. The van der Waals surface area contributed by atoms with E-state index < -0.39 is 0 Å². The van der Waals surface area contributed by atoms with Crippen LogP contribution in [0.2, 0.25) is 0 Å². The Kier molecular flexibility index (Phi) is 4.20. The highest BCUT2D eigenvalue weighted by Gasteiger charge is 2.27. The second-order valence-corrected chi connectivity index (χ2v) is 4.48. The molecule has 3 unspecified atom stereocenters. The van der Waals surface area contributed by atoms with E-state index in [-0.39, 0.29) is 0 Å². The molecule has 0 aromatic carbocycles. The van der Waals surface area contributed by atoms with Crippen molar-refractivity contribution in [1.29, 1.82) is 0 Å². The van der Waals surface area contributed by atoms with Crippen LogP contribution >= 0.6 is 0 Å². The molecule has 1 heterocycles. The van der Waals surface area contributed by atoms with Crippen LogP contribution in [0, 0.1) is 11.8 Å². The van der Waals surface area contributed by atoms with Crippen LogP contribution in [-0.2, 0) is 4.74 Å². The van der Waals surface area contributed by atoms with Gasteiger partial charge in [-0.1, -0.05) is 6.92 Å². The lowest BCUT2D eigenvalue weighted by Crippen LogP contribution is -2.32. The summed E-state index contributed by atoms with van der Waals surface area (Å²) in [7, 11) is 0. The van der Waals surface area contributed by atoms with Crippen molar-refractivity contribution in [3.05, 3.63) is 0 Å². The summed E-state index contributed by atoms with van der Waals surface area (Å²) in [5.74, 6) is 1.38. The van der Waals surface area contributed by atoms with E-state index in [1.165, 1.54) is 0 Å². The van der Waals surface area contributed by atoms with Crippen molar-refractivity contribution in [3.8, 4) is 0 Å². The quantitative estimate of drug-likeness (QED) is 0.732. The topological polar surface area (TPSA) is 29.5 Å². The Morgan fingerprint density at radius 1 is 1.31 bits per heavy atom.